The fourth-order valence-corrected chi connectivity index (χ4v) is 1.88. The standard InChI is InChI=1S/C6H11IO5/c7-3-2(1-8)12-6(11)5(10)4(3)9/h2-6,8-11H,1H2/t2-,3+,4+,5-,6?/m1/s1/i7-3. The highest BCUT2D eigenvalue weighted by Gasteiger charge is 2.41. The van der Waals surface area contributed by atoms with E-state index in [4.69, 9.17) is 20.1 Å². The predicted molar refractivity (Wildman–Crippen MR) is 47.8 cm³/mol. The van der Waals surface area contributed by atoms with Crippen molar-refractivity contribution in [2.45, 2.75) is 28.5 Å². The van der Waals surface area contributed by atoms with E-state index < -0.39 is 28.5 Å². The quantitative estimate of drug-likeness (QED) is 0.338. The highest BCUT2D eigenvalue weighted by Crippen LogP contribution is 2.25. The average molecular weight is 287 g/mol. The zero-order valence-electron chi connectivity index (χ0n) is 6.17. The van der Waals surface area contributed by atoms with Crippen LogP contribution in [-0.2, 0) is 4.74 Å². The highest BCUT2D eigenvalue weighted by molar-refractivity contribution is 14.1. The van der Waals surface area contributed by atoms with E-state index in [0.29, 0.717) is 0 Å². The van der Waals surface area contributed by atoms with Crippen molar-refractivity contribution in [2.24, 2.45) is 0 Å². The second kappa shape index (κ2) is 4.16. The third-order valence-electron chi connectivity index (χ3n) is 1.82. The van der Waals surface area contributed by atoms with Crippen LogP contribution in [0.5, 0.6) is 0 Å². The first-order valence-electron chi connectivity index (χ1n) is 3.52. The minimum absolute atomic E-state index is 0.283. The normalized spacial score (nSPS) is 49.2. The van der Waals surface area contributed by atoms with Gasteiger partial charge in [0.25, 0.3) is 0 Å². The summed E-state index contributed by atoms with van der Waals surface area (Å²) in [4.78, 5) is 0. The molecule has 0 aliphatic carbocycles. The van der Waals surface area contributed by atoms with E-state index in [1.165, 1.54) is 0 Å². The summed E-state index contributed by atoms with van der Waals surface area (Å²) in [6, 6.07) is 0. The maximum absolute atomic E-state index is 9.31. The molecule has 1 rings (SSSR count). The van der Waals surface area contributed by atoms with Crippen molar-refractivity contribution >= 4 is 22.6 Å². The number of aliphatic hydroxyl groups excluding tert-OH is 4. The Morgan fingerprint density at radius 2 is 1.75 bits per heavy atom. The van der Waals surface area contributed by atoms with Crippen LogP contribution in [0.2, 0.25) is 0 Å². The second-order valence-corrected chi connectivity index (χ2v) is 4.11. The van der Waals surface area contributed by atoms with Crippen molar-refractivity contribution in [3.05, 3.63) is 0 Å². The third kappa shape index (κ3) is 1.88. The molecule has 4 N–H and O–H groups in total. The summed E-state index contributed by atoms with van der Waals surface area (Å²) in [7, 11) is 0. The van der Waals surface area contributed by atoms with Gasteiger partial charge in [-0.15, -0.1) is 0 Å². The topological polar surface area (TPSA) is 90.2 Å². The average Bonchev–Trinajstić information content (AvgIpc) is 2.08. The molecule has 1 unspecified atom stereocenters. The van der Waals surface area contributed by atoms with Crippen LogP contribution in [-0.4, -0.2) is 55.6 Å². The molecule has 0 aromatic heterocycles. The summed E-state index contributed by atoms with van der Waals surface area (Å²) in [6.45, 7) is -0.283. The Balaban J connectivity index is 2.63. The van der Waals surface area contributed by atoms with Crippen LogP contribution < -0.4 is 0 Å². The molecule has 12 heavy (non-hydrogen) atoms. The molecular weight excluding hydrogens is 276 g/mol. The first kappa shape index (κ1) is 10.6. The molecule has 1 heterocycles. The van der Waals surface area contributed by atoms with Crippen LogP contribution in [0.4, 0.5) is 0 Å². The lowest BCUT2D eigenvalue weighted by Crippen LogP contribution is -2.56. The van der Waals surface area contributed by atoms with E-state index in [2.05, 4.69) is 0 Å². The minimum Gasteiger partial charge on any atom is -0.394 e. The van der Waals surface area contributed by atoms with Gasteiger partial charge in [-0.2, -0.15) is 0 Å². The molecule has 0 amide bonds. The first-order chi connectivity index (χ1) is 5.57. The molecule has 1 aliphatic rings. The Morgan fingerprint density at radius 3 is 2.25 bits per heavy atom. The van der Waals surface area contributed by atoms with Gasteiger partial charge in [0.05, 0.1) is 22.7 Å². The fourth-order valence-electron chi connectivity index (χ4n) is 1.06. The number of hydrogen-bond donors (Lipinski definition) is 4. The van der Waals surface area contributed by atoms with E-state index >= 15 is 0 Å². The molecule has 1 aliphatic heterocycles. The first-order valence-corrected chi connectivity index (χ1v) is 4.77. The molecule has 0 spiro atoms. The minimum atomic E-state index is -1.41. The van der Waals surface area contributed by atoms with Crippen molar-refractivity contribution in [1.29, 1.82) is 0 Å². The van der Waals surface area contributed by atoms with Gasteiger partial charge in [-0.05, 0) is 0 Å². The summed E-state index contributed by atoms with van der Waals surface area (Å²) in [5, 5.41) is 36.2. The highest BCUT2D eigenvalue weighted by atomic mass is 124. The molecule has 6 heteroatoms. The van der Waals surface area contributed by atoms with Crippen molar-refractivity contribution in [3.63, 3.8) is 0 Å². The monoisotopic (exact) mass is 287 g/mol. The molecule has 0 saturated carbocycles. The number of ether oxygens (including phenoxy) is 1. The van der Waals surface area contributed by atoms with E-state index in [0.717, 1.165) is 0 Å². The van der Waals surface area contributed by atoms with E-state index in [1.807, 2.05) is 22.6 Å². The molecule has 0 radical (unpaired) electrons. The lowest BCUT2D eigenvalue weighted by molar-refractivity contribution is -0.246. The zero-order valence-corrected chi connectivity index (χ0v) is 8.33. The number of hydrogen-bond acceptors (Lipinski definition) is 5. The molecule has 1 fully saturated rings. The van der Waals surface area contributed by atoms with Crippen molar-refractivity contribution in [3.8, 4) is 0 Å². The Bertz CT molecular complexity index is 150. The van der Waals surface area contributed by atoms with Crippen molar-refractivity contribution in [1.82, 2.24) is 0 Å². The smallest absolute Gasteiger partial charge is 0.183 e. The SMILES string of the molecule is OC[C@H]1OC(O)[C@H](O)[C@@H](O)[C@H]1[124I]. The van der Waals surface area contributed by atoms with Crippen molar-refractivity contribution in [2.75, 3.05) is 6.61 Å². The van der Waals surface area contributed by atoms with Crippen LogP contribution >= 0.6 is 22.6 Å². The Hall–Kier alpha value is 0.530. The number of halogens is 1. The van der Waals surface area contributed by atoms with Gasteiger partial charge in [-0.3, -0.25) is 0 Å². The van der Waals surface area contributed by atoms with Gasteiger partial charge in [0.15, 0.2) is 6.29 Å². The van der Waals surface area contributed by atoms with Gasteiger partial charge in [0.2, 0.25) is 0 Å². The van der Waals surface area contributed by atoms with Gasteiger partial charge < -0.3 is 25.2 Å². The van der Waals surface area contributed by atoms with Gasteiger partial charge in [0, 0.05) is 0 Å². The maximum atomic E-state index is 9.31. The lowest BCUT2D eigenvalue weighted by Gasteiger charge is -2.37. The van der Waals surface area contributed by atoms with Crippen LogP contribution in [0.25, 0.3) is 0 Å². The fraction of sp³-hybridized carbons (Fsp3) is 1.00. The summed E-state index contributed by atoms with van der Waals surface area (Å²) in [6.07, 6.45) is -4.40. The molecule has 0 bridgehead atoms. The van der Waals surface area contributed by atoms with Crippen LogP contribution in [0.15, 0.2) is 0 Å². The number of alkyl halides is 1. The maximum Gasteiger partial charge on any atom is 0.183 e. The summed E-state index contributed by atoms with van der Waals surface area (Å²) < 4.78 is 4.41. The van der Waals surface area contributed by atoms with Crippen LogP contribution in [0.1, 0.15) is 0 Å². The number of aliphatic hydroxyl groups is 4. The summed E-state index contributed by atoms with van der Waals surface area (Å²) in [5.41, 5.74) is 0. The second-order valence-electron chi connectivity index (χ2n) is 2.67. The van der Waals surface area contributed by atoms with Gasteiger partial charge in [0.1, 0.15) is 6.10 Å². The molecular formula is C6H11IO5. The van der Waals surface area contributed by atoms with Crippen LogP contribution in [0, 0.1) is 0 Å². The molecule has 0 aromatic carbocycles. The third-order valence-corrected chi connectivity index (χ3v) is 3.36. The van der Waals surface area contributed by atoms with E-state index in [-0.39, 0.29) is 6.61 Å². The molecule has 0 aromatic rings. The largest absolute Gasteiger partial charge is 0.394 e. The lowest BCUT2D eigenvalue weighted by atomic mass is 10.0. The Labute approximate surface area is 83.1 Å². The van der Waals surface area contributed by atoms with E-state index in [1.54, 1.807) is 0 Å². The van der Waals surface area contributed by atoms with Crippen LogP contribution in [0.3, 0.4) is 0 Å². The van der Waals surface area contributed by atoms with Gasteiger partial charge in [-0.1, -0.05) is 22.6 Å². The number of rotatable bonds is 1. The molecule has 5 atom stereocenters. The summed E-state index contributed by atoms with van der Waals surface area (Å²) in [5.74, 6) is 0. The van der Waals surface area contributed by atoms with Crippen molar-refractivity contribution < 1.29 is 25.2 Å². The molecule has 1 saturated heterocycles. The van der Waals surface area contributed by atoms with E-state index in [9.17, 15) is 5.11 Å². The van der Waals surface area contributed by atoms with Gasteiger partial charge >= 0.3 is 0 Å². The molecule has 5 nitrogen and oxygen atoms in total. The molecule has 72 valence electrons. The predicted octanol–water partition coefficient (Wildman–Crippen LogP) is -1.78. The summed E-state index contributed by atoms with van der Waals surface area (Å²) >= 11 is 1.86. The Morgan fingerprint density at radius 1 is 1.17 bits per heavy atom. The van der Waals surface area contributed by atoms with Gasteiger partial charge in [-0.25, -0.2) is 0 Å². The Kier molecular flexibility index (Phi) is 3.68. The zero-order chi connectivity index (χ0) is 9.30.